The van der Waals surface area contributed by atoms with Gasteiger partial charge < -0.3 is 4.90 Å². The van der Waals surface area contributed by atoms with Crippen LogP contribution in [0.4, 0.5) is 17.6 Å². The lowest BCUT2D eigenvalue weighted by Gasteiger charge is -2.26. The number of amides is 1. The summed E-state index contributed by atoms with van der Waals surface area (Å²) in [5, 5.41) is 0. The van der Waals surface area contributed by atoms with Crippen molar-refractivity contribution < 1.29 is 22.4 Å². The molecule has 1 heterocycles. The molecular weight excluding hydrogens is 264 g/mol. The summed E-state index contributed by atoms with van der Waals surface area (Å²) < 4.78 is 50.7. The molecule has 1 aliphatic rings. The van der Waals surface area contributed by atoms with Crippen molar-refractivity contribution in [3.8, 4) is 0 Å². The SMILES string of the molecule is O=C(N(Cc1cccnc1)C1CC1)C(F)(F)C(F)F. The van der Waals surface area contributed by atoms with Crippen LogP contribution in [0.1, 0.15) is 18.4 Å². The zero-order valence-corrected chi connectivity index (χ0v) is 9.90. The summed E-state index contributed by atoms with van der Waals surface area (Å²) >= 11 is 0. The van der Waals surface area contributed by atoms with E-state index in [9.17, 15) is 22.4 Å². The Bertz CT molecular complexity index is 448. The third-order valence-electron chi connectivity index (χ3n) is 2.88. The third kappa shape index (κ3) is 3.02. The minimum absolute atomic E-state index is 0.125. The van der Waals surface area contributed by atoms with E-state index in [1.165, 1.54) is 12.4 Å². The van der Waals surface area contributed by atoms with Gasteiger partial charge in [0.05, 0.1) is 0 Å². The lowest BCUT2D eigenvalue weighted by Crippen LogP contribution is -2.48. The highest BCUT2D eigenvalue weighted by Crippen LogP contribution is 2.34. The van der Waals surface area contributed by atoms with Crippen molar-refractivity contribution in [1.82, 2.24) is 9.88 Å². The van der Waals surface area contributed by atoms with Crippen LogP contribution in [0.15, 0.2) is 24.5 Å². The highest BCUT2D eigenvalue weighted by atomic mass is 19.3. The van der Waals surface area contributed by atoms with Crippen LogP contribution in [0.2, 0.25) is 0 Å². The first-order valence-electron chi connectivity index (χ1n) is 5.79. The average molecular weight is 276 g/mol. The quantitative estimate of drug-likeness (QED) is 0.774. The number of carbonyl (C=O) groups is 1. The van der Waals surface area contributed by atoms with E-state index in [0.717, 1.165) is 4.90 Å². The van der Waals surface area contributed by atoms with Gasteiger partial charge >= 0.3 is 12.3 Å². The molecule has 0 saturated heterocycles. The minimum Gasteiger partial charge on any atom is -0.330 e. The molecule has 0 spiro atoms. The second kappa shape index (κ2) is 5.14. The Morgan fingerprint density at radius 1 is 1.47 bits per heavy atom. The topological polar surface area (TPSA) is 33.2 Å². The van der Waals surface area contributed by atoms with E-state index in [1.54, 1.807) is 12.1 Å². The Hall–Kier alpha value is -1.66. The highest BCUT2D eigenvalue weighted by Gasteiger charge is 2.53. The average Bonchev–Trinajstić information content (AvgIpc) is 3.20. The number of aromatic nitrogens is 1. The number of nitrogens with zero attached hydrogens (tertiary/aromatic N) is 2. The molecule has 1 aliphatic carbocycles. The zero-order valence-electron chi connectivity index (χ0n) is 9.90. The molecule has 0 atom stereocenters. The van der Waals surface area contributed by atoms with E-state index in [2.05, 4.69) is 4.98 Å². The normalized spacial score (nSPS) is 15.6. The van der Waals surface area contributed by atoms with Crippen LogP contribution in [-0.4, -0.2) is 34.2 Å². The van der Waals surface area contributed by atoms with E-state index in [4.69, 9.17) is 0 Å². The lowest BCUT2D eigenvalue weighted by molar-refractivity contribution is -0.181. The number of hydrogen-bond acceptors (Lipinski definition) is 2. The first-order valence-corrected chi connectivity index (χ1v) is 5.79. The molecule has 2 rings (SSSR count). The van der Waals surface area contributed by atoms with E-state index < -0.39 is 18.3 Å². The smallest absolute Gasteiger partial charge is 0.330 e. The Balaban J connectivity index is 2.15. The van der Waals surface area contributed by atoms with Crippen molar-refractivity contribution in [3.63, 3.8) is 0 Å². The van der Waals surface area contributed by atoms with E-state index in [0.29, 0.717) is 18.4 Å². The maximum atomic E-state index is 13.1. The summed E-state index contributed by atoms with van der Waals surface area (Å²) in [4.78, 5) is 16.2. The summed E-state index contributed by atoms with van der Waals surface area (Å²) in [6.07, 6.45) is 0.0514. The molecule has 0 N–H and O–H groups in total. The first kappa shape index (κ1) is 13.8. The third-order valence-corrected chi connectivity index (χ3v) is 2.88. The van der Waals surface area contributed by atoms with Crippen molar-refractivity contribution in [2.45, 2.75) is 37.8 Å². The summed E-state index contributed by atoms with van der Waals surface area (Å²) in [7, 11) is 0. The monoisotopic (exact) mass is 276 g/mol. The molecule has 0 bridgehead atoms. The minimum atomic E-state index is -4.63. The van der Waals surface area contributed by atoms with Crippen LogP contribution >= 0.6 is 0 Å². The number of hydrogen-bond donors (Lipinski definition) is 0. The fourth-order valence-electron chi connectivity index (χ4n) is 1.73. The molecule has 19 heavy (non-hydrogen) atoms. The van der Waals surface area contributed by atoms with Crippen LogP contribution in [-0.2, 0) is 11.3 Å². The Morgan fingerprint density at radius 2 is 2.16 bits per heavy atom. The second-order valence-corrected chi connectivity index (χ2v) is 4.45. The Labute approximate surface area is 107 Å². The molecule has 104 valence electrons. The molecule has 1 aromatic rings. The van der Waals surface area contributed by atoms with Gasteiger partial charge in [0, 0.05) is 25.0 Å². The fraction of sp³-hybridized carbons (Fsp3) is 0.500. The van der Waals surface area contributed by atoms with Crippen molar-refractivity contribution in [2.75, 3.05) is 0 Å². The molecule has 1 fully saturated rings. The van der Waals surface area contributed by atoms with E-state index >= 15 is 0 Å². The summed E-state index contributed by atoms with van der Waals surface area (Å²) in [5.74, 6) is -6.45. The molecule has 1 aromatic heterocycles. The molecule has 0 unspecified atom stereocenters. The lowest BCUT2D eigenvalue weighted by atomic mass is 10.2. The molecule has 3 nitrogen and oxygen atoms in total. The van der Waals surface area contributed by atoms with Gasteiger partial charge in [-0.15, -0.1) is 0 Å². The van der Waals surface area contributed by atoms with Gasteiger partial charge in [0.1, 0.15) is 0 Å². The Kier molecular flexibility index (Phi) is 3.73. The predicted molar refractivity (Wildman–Crippen MR) is 58.8 cm³/mol. The van der Waals surface area contributed by atoms with E-state index in [-0.39, 0.29) is 12.6 Å². The molecule has 1 amide bonds. The second-order valence-electron chi connectivity index (χ2n) is 4.45. The molecule has 7 heteroatoms. The molecule has 1 saturated carbocycles. The largest absolute Gasteiger partial charge is 0.383 e. The highest BCUT2D eigenvalue weighted by molar-refractivity contribution is 5.84. The van der Waals surface area contributed by atoms with Crippen molar-refractivity contribution >= 4 is 5.91 Å². The summed E-state index contributed by atoms with van der Waals surface area (Å²) in [6, 6.07) is 2.82. The maximum Gasteiger partial charge on any atom is 0.383 e. The molecule has 0 aromatic carbocycles. The molecule has 0 aliphatic heterocycles. The Morgan fingerprint density at radius 3 is 2.63 bits per heavy atom. The molecule has 0 radical (unpaired) electrons. The van der Waals surface area contributed by atoms with Crippen molar-refractivity contribution in [2.24, 2.45) is 0 Å². The maximum absolute atomic E-state index is 13.1. The number of rotatable bonds is 5. The fourth-order valence-corrected chi connectivity index (χ4v) is 1.73. The van der Waals surface area contributed by atoms with Gasteiger partial charge in [-0.05, 0) is 24.5 Å². The van der Waals surface area contributed by atoms with Crippen molar-refractivity contribution in [1.29, 1.82) is 0 Å². The van der Waals surface area contributed by atoms with Crippen LogP contribution < -0.4 is 0 Å². The number of alkyl halides is 4. The van der Waals surface area contributed by atoms with Gasteiger partial charge in [-0.1, -0.05) is 6.07 Å². The van der Waals surface area contributed by atoms with Gasteiger partial charge in [0.2, 0.25) is 0 Å². The van der Waals surface area contributed by atoms with Gasteiger partial charge in [-0.25, -0.2) is 8.78 Å². The molecular formula is C12H12F4N2O. The van der Waals surface area contributed by atoms with Crippen LogP contribution in [0.3, 0.4) is 0 Å². The van der Waals surface area contributed by atoms with Crippen LogP contribution in [0.5, 0.6) is 0 Å². The first-order chi connectivity index (χ1) is 8.93. The predicted octanol–water partition coefficient (Wildman–Crippen LogP) is 2.47. The van der Waals surface area contributed by atoms with Gasteiger partial charge in [-0.2, -0.15) is 8.78 Å². The summed E-state index contributed by atoms with van der Waals surface area (Å²) in [6.45, 7) is -0.125. The van der Waals surface area contributed by atoms with Gasteiger partial charge in [0.15, 0.2) is 0 Å². The van der Waals surface area contributed by atoms with Crippen LogP contribution in [0.25, 0.3) is 0 Å². The number of carbonyl (C=O) groups excluding carboxylic acids is 1. The standard InChI is InChI=1S/C12H12F4N2O/c13-10(14)12(15,16)11(19)18(9-3-4-9)7-8-2-1-5-17-6-8/h1-2,5-6,9-10H,3-4,7H2. The van der Waals surface area contributed by atoms with Gasteiger partial charge in [-0.3, -0.25) is 9.78 Å². The summed E-state index contributed by atoms with van der Waals surface area (Å²) in [5.41, 5.74) is 0.535. The number of halogens is 4. The zero-order chi connectivity index (χ0) is 14.0. The van der Waals surface area contributed by atoms with Crippen LogP contribution in [0, 0.1) is 0 Å². The van der Waals surface area contributed by atoms with Crippen molar-refractivity contribution in [3.05, 3.63) is 30.1 Å². The van der Waals surface area contributed by atoms with E-state index in [1.807, 2.05) is 0 Å². The number of pyridine rings is 1. The van der Waals surface area contributed by atoms with Gasteiger partial charge in [0.25, 0.3) is 5.91 Å².